The van der Waals surface area contributed by atoms with Crippen LogP contribution in [0.3, 0.4) is 0 Å². The van der Waals surface area contributed by atoms with E-state index in [-0.39, 0.29) is 5.92 Å². The van der Waals surface area contributed by atoms with Gasteiger partial charge in [-0.15, -0.1) is 0 Å². The molecule has 3 N–H and O–H groups in total. The molecule has 238 valence electrons. The van der Waals surface area contributed by atoms with Gasteiger partial charge in [0.25, 0.3) is 0 Å². The van der Waals surface area contributed by atoms with Crippen LogP contribution in [0.15, 0.2) is 82.2 Å². The number of nitrogens with zero attached hydrogens (tertiary/aromatic N) is 2. The van der Waals surface area contributed by atoms with Crippen LogP contribution in [-0.4, -0.2) is 86.0 Å². The van der Waals surface area contributed by atoms with E-state index in [0.717, 1.165) is 91.1 Å². The lowest BCUT2D eigenvalue weighted by Gasteiger charge is -2.46. The van der Waals surface area contributed by atoms with Crippen LogP contribution in [0.4, 0.5) is 0 Å². The van der Waals surface area contributed by atoms with Gasteiger partial charge in [0.15, 0.2) is 0 Å². The Bertz CT molecular complexity index is 1430. The van der Waals surface area contributed by atoms with Gasteiger partial charge in [-0.25, -0.2) is 0 Å². The molecule has 7 heteroatoms. The van der Waals surface area contributed by atoms with Crippen molar-refractivity contribution < 1.29 is 5.11 Å². The summed E-state index contributed by atoms with van der Waals surface area (Å²) in [5.41, 5.74) is 7.22. The van der Waals surface area contributed by atoms with Gasteiger partial charge < -0.3 is 25.5 Å². The molecule has 5 nitrogen and oxygen atoms in total. The molecule has 3 fully saturated rings. The summed E-state index contributed by atoms with van der Waals surface area (Å²) in [7, 11) is 0. The highest BCUT2D eigenvalue weighted by Gasteiger charge is 2.43. The predicted octanol–water partition coefficient (Wildman–Crippen LogP) is 6.74. The van der Waals surface area contributed by atoms with E-state index < -0.39 is 5.60 Å². The zero-order valence-corrected chi connectivity index (χ0v) is 28.0. The van der Waals surface area contributed by atoms with Gasteiger partial charge in [0, 0.05) is 71.4 Å². The number of piperazine rings is 2. The van der Waals surface area contributed by atoms with Gasteiger partial charge >= 0.3 is 0 Å². The van der Waals surface area contributed by atoms with Crippen LogP contribution >= 0.6 is 22.7 Å². The minimum absolute atomic E-state index is 0.115. The van der Waals surface area contributed by atoms with Crippen LogP contribution < -0.4 is 10.6 Å². The molecule has 4 aromatic rings. The molecule has 7 rings (SSSR count). The molecule has 0 amide bonds. The molecule has 2 atom stereocenters. The molecule has 4 heterocycles. The smallest absolute Gasteiger partial charge is 0.0728 e. The SMILES string of the molecule is OC1(C(CN2CCNCC2)c2ccc(-c3ccsc3)cc2)CCC(C(CN2CCNCC2)c2ccc(-c3ccsc3)cc2)CC1. The van der Waals surface area contributed by atoms with Crippen LogP contribution in [0.25, 0.3) is 22.3 Å². The maximum atomic E-state index is 12.5. The number of rotatable bonds is 10. The highest BCUT2D eigenvalue weighted by molar-refractivity contribution is 7.08. The standard InChI is InChI=1S/C38H48N4OS2/c43-38(37(26-42-21-17-40-18-22-42)33-7-3-30(4-8-33)35-12-24-45-28-35)13-9-32(10-14-38)36(25-41-19-15-39-16-20-41)31-5-1-29(2-6-31)34-11-23-44-27-34/h1-8,11-12,23-24,27-28,32,36-37,39-40,43H,9-10,13-22,25-26H2. The third kappa shape index (κ3) is 7.46. The molecule has 2 aromatic carbocycles. The maximum Gasteiger partial charge on any atom is 0.0728 e. The number of aliphatic hydroxyl groups is 1. The van der Waals surface area contributed by atoms with Crippen molar-refractivity contribution in [3.05, 3.63) is 93.3 Å². The number of benzene rings is 2. The molecule has 1 aliphatic carbocycles. The van der Waals surface area contributed by atoms with Gasteiger partial charge in [0.2, 0.25) is 0 Å². The fourth-order valence-corrected chi connectivity index (χ4v) is 9.34. The lowest BCUT2D eigenvalue weighted by molar-refractivity contribution is -0.0459. The Morgan fingerprint density at radius 2 is 1.13 bits per heavy atom. The zero-order valence-electron chi connectivity index (χ0n) is 26.4. The summed E-state index contributed by atoms with van der Waals surface area (Å²) in [4.78, 5) is 5.23. The molecule has 0 radical (unpaired) electrons. The van der Waals surface area contributed by atoms with Crippen molar-refractivity contribution in [3.8, 4) is 22.3 Å². The van der Waals surface area contributed by atoms with E-state index in [1.165, 1.54) is 33.4 Å². The van der Waals surface area contributed by atoms with Gasteiger partial charge in [-0.05, 0) is 105 Å². The monoisotopic (exact) mass is 640 g/mol. The molecule has 2 unspecified atom stereocenters. The first kappa shape index (κ1) is 31.3. The van der Waals surface area contributed by atoms with Crippen LogP contribution in [0.5, 0.6) is 0 Å². The molecule has 0 spiro atoms. The van der Waals surface area contributed by atoms with E-state index in [9.17, 15) is 5.11 Å². The second-order valence-corrected chi connectivity index (χ2v) is 15.0. The van der Waals surface area contributed by atoms with E-state index in [0.29, 0.717) is 11.8 Å². The second kappa shape index (κ2) is 14.6. The van der Waals surface area contributed by atoms with Crippen molar-refractivity contribution in [1.82, 2.24) is 20.4 Å². The lowest BCUT2D eigenvalue weighted by atomic mass is 9.66. The molecule has 2 aromatic heterocycles. The van der Waals surface area contributed by atoms with Crippen LogP contribution in [0, 0.1) is 5.92 Å². The first-order valence-corrected chi connectivity index (χ1v) is 18.9. The Balaban J connectivity index is 1.11. The Hall–Kier alpha value is -2.36. The second-order valence-electron chi connectivity index (χ2n) is 13.5. The van der Waals surface area contributed by atoms with Crippen molar-refractivity contribution in [3.63, 3.8) is 0 Å². The molecule has 3 aliphatic rings. The maximum absolute atomic E-state index is 12.5. The summed E-state index contributed by atoms with van der Waals surface area (Å²) in [5, 5.41) is 28.3. The topological polar surface area (TPSA) is 50.8 Å². The van der Waals surface area contributed by atoms with Gasteiger partial charge in [0.05, 0.1) is 5.60 Å². The molecular weight excluding hydrogens is 593 g/mol. The number of thiophene rings is 2. The molecule has 2 aliphatic heterocycles. The fourth-order valence-electron chi connectivity index (χ4n) is 8.01. The molecule has 2 saturated heterocycles. The van der Waals surface area contributed by atoms with Crippen molar-refractivity contribution in [1.29, 1.82) is 0 Å². The van der Waals surface area contributed by atoms with E-state index >= 15 is 0 Å². The minimum atomic E-state index is -0.687. The van der Waals surface area contributed by atoms with Gasteiger partial charge in [0.1, 0.15) is 0 Å². The van der Waals surface area contributed by atoms with Crippen LogP contribution in [-0.2, 0) is 0 Å². The Kier molecular flexibility index (Phi) is 10.1. The van der Waals surface area contributed by atoms with E-state index in [1.54, 1.807) is 22.7 Å². The average Bonchev–Trinajstić information content (AvgIpc) is 3.84. The summed E-state index contributed by atoms with van der Waals surface area (Å²) in [5.74, 6) is 1.18. The zero-order chi connectivity index (χ0) is 30.5. The van der Waals surface area contributed by atoms with Crippen molar-refractivity contribution in [2.24, 2.45) is 5.92 Å². The summed E-state index contributed by atoms with van der Waals surface area (Å²) < 4.78 is 0. The van der Waals surface area contributed by atoms with E-state index in [2.05, 4.69) is 103 Å². The summed E-state index contributed by atoms with van der Waals surface area (Å²) in [6.45, 7) is 10.6. The Morgan fingerprint density at radius 3 is 1.62 bits per heavy atom. The third-order valence-corrected chi connectivity index (χ3v) is 12.2. The fraction of sp³-hybridized carbons (Fsp3) is 0.474. The van der Waals surface area contributed by atoms with Crippen LogP contribution in [0.2, 0.25) is 0 Å². The minimum Gasteiger partial charge on any atom is -0.389 e. The lowest BCUT2D eigenvalue weighted by Crippen LogP contribution is -2.50. The summed E-state index contributed by atoms with van der Waals surface area (Å²) in [6, 6.07) is 23.0. The number of nitrogens with one attached hydrogen (secondary N) is 2. The molecule has 0 bridgehead atoms. The molecular formula is C38H48N4OS2. The Morgan fingerprint density at radius 1 is 0.644 bits per heavy atom. The quantitative estimate of drug-likeness (QED) is 0.179. The summed E-state index contributed by atoms with van der Waals surface area (Å²) >= 11 is 3.50. The van der Waals surface area contributed by atoms with Crippen molar-refractivity contribution in [2.45, 2.75) is 43.1 Å². The third-order valence-electron chi connectivity index (χ3n) is 10.8. The van der Waals surface area contributed by atoms with E-state index in [1.807, 2.05) is 0 Å². The highest BCUT2D eigenvalue weighted by atomic mass is 32.1. The largest absolute Gasteiger partial charge is 0.389 e. The van der Waals surface area contributed by atoms with E-state index in [4.69, 9.17) is 0 Å². The van der Waals surface area contributed by atoms with Crippen molar-refractivity contribution >= 4 is 22.7 Å². The van der Waals surface area contributed by atoms with Crippen LogP contribution in [0.1, 0.15) is 48.6 Å². The predicted molar refractivity (Wildman–Crippen MR) is 191 cm³/mol. The first-order chi connectivity index (χ1) is 22.1. The average molecular weight is 641 g/mol. The molecule has 45 heavy (non-hydrogen) atoms. The van der Waals surface area contributed by atoms with Gasteiger partial charge in [-0.2, -0.15) is 22.7 Å². The summed E-state index contributed by atoms with van der Waals surface area (Å²) in [6.07, 6.45) is 3.88. The highest BCUT2D eigenvalue weighted by Crippen LogP contribution is 2.47. The molecule has 1 saturated carbocycles. The van der Waals surface area contributed by atoms with Gasteiger partial charge in [-0.1, -0.05) is 48.5 Å². The Labute approximate surface area is 277 Å². The normalized spacial score (nSPS) is 24.8. The number of hydrogen-bond donors (Lipinski definition) is 3. The first-order valence-electron chi connectivity index (χ1n) is 17.0. The number of hydrogen-bond acceptors (Lipinski definition) is 7. The van der Waals surface area contributed by atoms with Gasteiger partial charge in [-0.3, -0.25) is 0 Å². The van der Waals surface area contributed by atoms with Crippen molar-refractivity contribution in [2.75, 3.05) is 65.4 Å².